The van der Waals surface area contributed by atoms with Crippen molar-refractivity contribution in [1.29, 1.82) is 0 Å². The molecule has 0 spiro atoms. The van der Waals surface area contributed by atoms with Crippen LogP contribution in [0.1, 0.15) is 24.1 Å². The summed E-state index contributed by atoms with van der Waals surface area (Å²) in [5, 5.41) is 3.17. The molecular weight excluding hydrogens is 343 g/mol. The topological polar surface area (TPSA) is 12.0 Å². The second-order valence-corrected chi connectivity index (χ2v) is 5.58. The Balaban J connectivity index is 2.28. The zero-order chi connectivity index (χ0) is 15.4. The third-order valence-electron chi connectivity index (χ3n) is 3.21. The predicted octanol–water partition coefficient (Wildman–Crippen LogP) is 4.76. The summed E-state index contributed by atoms with van der Waals surface area (Å²) in [7, 11) is 0. The van der Waals surface area contributed by atoms with Crippen LogP contribution in [0.25, 0.3) is 0 Å². The van der Waals surface area contributed by atoms with Gasteiger partial charge in [0.25, 0.3) is 0 Å². The first-order valence-corrected chi connectivity index (χ1v) is 7.42. The van der Waals surface area contributed by atoms with E-state index in [4.69, 9.17) is 0 Å². The van der Waals surface area contributed by atoms with E-state index in [-0.39, 0.29) is 11.9 Å². The lowest BCUT2D eigenvalue weighted by Crippen LogP contribution is -2.24. The van der Waals surface area contributed by atoms with Gasteiger partial charge in [-0.1, -0.05) is 19.1 Å². The first-order chi connectivity index (χ1) is 10.0. The quantitative estimate of drug-likeness (QED) is 0.813. The van der Waals surface area contributed by atoms with Crippen molar-refractivity contribution in [3.63, 3.8) is 0 Å². The van der Waals surface area contributed by atoms with Crippen LogP contribution < -0.4 is 5.32 Å². The molecule has 1 atom stereocenters. The van der Waals surface area contributed by atoms with Gasteiger partial charge in [0.15, 0.2) is 0 Å². The van der Waals surface area contributed by atoms with E-state index < -0.39 is 11.6 Å². The molecule has 0 aliphatic carbocycles. The summed E-state index contributed by atoms with van der Waals surface area (Å²) in [6, 6.07) is 7.95. The van der Waals surface area contributed by atoms with Gasteiger partial charge in [-0.25, -0.2) is 13.2 Å². The zero-order valence-corrected chi connectivity index (χ0v) is 13.1. The number of hydrogen-bond donors (Lipinski definition) is 1. The lowest BCUT2D eigenvalue weighted by atomic mass is 9.98. The Labute approximate surface area is 130 Å². The Morgan fingerprint density at radius 1 is 1.05 bits per heavy atom. The van der Waals surface area contributed by atoms with Crippen molar-refractivity contribution in [2.24, 2.45) is 0 Å². The number of benzene rings is 2. The summed E-state index contributed by atoms with van der Waals surface area (Å²) >= 11 is 3.14. The molecule has 2 rings (SSSR count). The highest BCUT2D eigenvalue weighted by Crippen LogP contribution is 2.24. The smallest absolute Gasteiger partial charge is 0.137 e. The maximum absolute atomic E-state index is 13.9. The van der Waals surface area contributed by atoms with Crippen LogP contribution in [0.2, 0.25) is 0 Å². The maximum atomic E-state index is 13.9. The molecular formula is C16H15BrF3N. The third kappa shape index (κ3) is 4.08. The maximum Gasteiger partial charge on any atom is 0.137 e. The molecule has 0 fully saturated rings. The molecule has 1 N–H and O–H groups in total. The van der Waals surface area contributed by atoms with E-state index in [9.17, 15) is 13.2 Å². The van der Waals surface area contributed by atoms with Gasteiger partial charge in [0.1, 0.15) is 17.5 Å². The van der Waals surface area contributed by atoms with E-state index in [1.165, 1.54) is 18.2 Å². The molecule has 0 amide bonds. The molecule has 21 heavy (non-hydrogen) atoms. The van der Waals surface area contributed by atoms with Gasteiger partial charge in [-0.3, -0.25) is 0 Å². The summed E-state index contributed by atoms with van der Waals surface area (Å²) in [6.07, 6.45) is 0.481. The number of hydrogen-bond acceptors (Lipinski definition) is 1. The molecule has 2 aromatic rings. The van der Waals surface area contributed by atoms with Gasteiger partial charge in [-0.2, -0.15) is 0 Å². The molecule has 1 unspecified atom stereocenters. The van der Waals surface area contributed by atoms with Crippen LogP contribution in [0.4, 0.5) is 13.2 Å². The highest BCUT2D eigenvalue weighted by atomic mass is 79.9. The van der Waals surface area contributed by atoms with Crippen LogP contribution in [-0.4, -0.2) is 6.54 Å². The molecule has 0 aromatic heterocycles. The molecule has 0 heterocycles. The second-order valence-electron chi connectivity index (χ2n) is 4.73. The fraction of sp³-hybridized carbons (Fsp3) is 0.250. The van der Waals surface area contributed by atoms with E-state index in [1.54, 1.807) is 12.1 Å². The van der Waals surface area contributed by atoms with Crippen molar-refractivity contribution in [2.45, 2.75) is 19.4 Å². The third-order valence-corrected chi connectivity index (χ3v) is 3.82. The molecule has 0 bridgehead atoms. The molecule has 0 aliphatic heterocycles. The molecule has 112 valence electrons. The van der Waals surface area contributed by atoms with Crippen molar-refractivity contribution in [2.75, 3.05) is 6.54 Å². The number of nitrogens with one attached hydrogen (secondary N) is 1. The van der Waals surface area contributed by atoms with Gasteiger partial charge < -0.3 is 5.32 Å². The standard InChI is InChI=1S/C16H15BrF3N/c1-2-21-16(12-5-4-11(18)9-15(12)20)8-10-3-6-14(19)13(17)7-10/h3-7,9,16,21H,2,8H2,1H3. The van der Waals surface area contributed by atoms with Gasteiger partial charge in [0.2, 0.25) is 0 Å². The fourth-order valence-electron chi connectivity index (χ4n) is 2.22. The minimum absolute atomic E-state index is 0.298. The first-order valence-electron chi connectivity index (χ1n) is 6.63. The molecule has 5 heteroatoms. The average molecular weight is 358 g/mol. The highest BCUT2D eigenvalue weighted by molar-refractivity contribution is 9.10. The average Bonchev–Trinajstić information content (AvgIpc) is 2.42. The van der Waals surface area contributed by atoms with E-state index in [0.717, 1.165) is 11.6 Å². The molecule has 0 aliphatic rings. The minimum Gasteiger partial charge on any atom is -0.310 e. The lowest BCUT2D eigenvalue weighted by Gasteiger charge is -2.19. The van der Waals surface area contributed by atoms with E-state index in [1.807, 2.05) is 6.92 Å². The Morgan fingerprint density at radius 2 is 1.81 bits per heavy atom. The second kappa shape index (κ2) is 7.09. The van der Waals surface area contributed by atoms with Crippen LogP contribution in [-0.2, 0) is 6.42 Å². The molecule has 0 radical (unpaired) electrons. The molecule has 2 aromatic carbocycles. The van der Waals surface area contributed by atoms with Gasteiger partial charge in [0, 0.05) is 17.7 Å². The Morgan fingerprint density at radius 3 is 2.43 bits per heavy atom. The van der Waals surface area contributed by atoms with Gasteiger partial charge in [0.05, 0.1) is 4.47 Å². The predicted molar refractivity (Wildman–Crippen MR) is 80.6 cm³/mol. The van der Waals surface area contributed by atoms with E-state index in [2.05, 4.69) is 21.2 Å². The SMILES string of the molecule is CCNC(Cc1ccc(F)c(Br)c1)c1ccc(F)cc1F. The first kappa shape index (κ1) is 16.0. The summed E-state index contributed by atoms with van der Waals surface area (Å²) in [6.45, 7) is 2.55. The van der Waals surface area contributed by atoms with Crippen LogP contribution in [0.5, 0.6) is 0 Å². The Kier molecular flexibility index (Phi) is 5.42. The van der Waals surface area contributed by atoms with Crippen molar-refractivity contribution < 1.29 is 13.2 Å². The van der Waals surface area contributed by atoms with Crippen LogP contribution >= 0.6 is 15.9 Å². The van der Waals surface area contributed by atoms with Gasteiger partial charge in [-0.15, -0.1) is 0 Å². The normalized spacial score (nSPS) is 12.4. The zero-order valence-electron chi connectivity index (χ0n) is 11.5. The van der Waals surface area contributed by atoms with Crippen molar-refractivity contribution >= 4 is 15.9 Å². The van der Waals surface area contributed by atoms with Crippen molar-refractivity contribution in [3.8, 4) is 0 Å². The fourth-order valence-corrected chi connectivity index (χ4v) is 2.65. The van der Waals surface area contributed by atoms with E-state index >= 15 is 0 Å². The Bertz CT molecular complexity index is 631. The van der Waals surface area contributed by atoms with Crippen molar-refractivity contribution in [1.82, 2.24) is 5.32 Å². The minimum atomic E-state index is -0.601. The number of halogens is 4. The van der Waals surface area contributed by atoms with Crippen LogP contribution in [0.15, 0.2) is 40.9 Å². The monoisotopic (exact) mass is 357 g/mol. The Hall–Kier alpha value is -1.33. The summed E-state index contributed by atoms with van der Waals surface area (Å²) < 4.78 is 40.6. The van der Waals surface area contributed by atoms with Crippen LogP contribution in [0.3, 0.4) is 0 Å². The molecule has 0 saturated carbocycles. The molecule has 0 saturated heterocycles. The highest BCUT2D eigenvalue weighted by Gasteiger charge is 2.16. The molecule has 1 nitrogen and oxygen atoms in total. The summed E-state index contributed by atoms with van der Waals surface area (Å²) in [4.78, 5) is 0. The van der Waals surface area contributed by atoms with Crippen LogP contribution in [0, 0.1) is 17.5 Å². The summed E-state index contributed by atoms with van der Waals surface area (Å²) in [5.41, 5.74) is 1.26. The van der Waals surface area contributed by atoms with Gasteiger partial charge in [-0.05, 0) is 52.7 Å². The largest absolute Gasteiger partial charge is 0.310 e. The number of likely N-dealkylation sites (N-methyl/N-ethyl adjacent to an activating group) is 1. The lowest BCUT2D eigenvalue weighted by molar-refractivity contribution is 0.501. The number of rotatable bonds is 5. The van der Waals surface area contributed by atoms with E-state index in [0.29, 0.717) is 23.0 Å². The van der Waals surface area contributed by atoms with Crippen molar-refractivity contribution in [3.05, 3.63) is 69.4 Å². The van der Waals surface area contributed by atoms with Gasteiger partial charge >= 0.3 is 0 Å². The summed E-state index contributed by atoms with van der Waals surface area (Å²) in [5.74, 6) is -1.52.